The third-order valence-electron chi connectivity index (χ3n) is 7.34. The molecule has 5 nitrogen and oxygen atoms in total. The van der Waals surface area contributed by atoms with Gasteiger partial charge in [-0.25, -0.2) is 4.68 Å². The van der Waals surface area contributed by atoms with E-state index in [1.165, 1.54) is 64.2 Å². The molecular weight excluding hydrogens is 338 g/mol. The highest BCUT2D eigenvalue weighted by Crippen LogP contribution is 2.47. The third kappa shape index (κ3) is 4.17. The van der Waals surface area contributed by atoms with Crippen LogP contribution in [0.25, 0.3) is 0 Å². The van der Waals surface area contributed by atoms with Crippen molar-refractivity contribution in [3.05, 3.63) is 11.8 Å². The molecule has 0 radical (unpaired) electrons. The molecule has 2 bridgehead atoms. The minimum Gasteiger partial charge on any atom is -0.477 e. The largest absolute Gasteiger partial charge is 0.477 e. The quantitative estimate of drug-likeness (QED) is 0.808. The average molecular weight is 374 g/mol. The van der Waals surface area contributed by atoms with Crippen LogP contribution in [0.1, 0.15) is 81.5 Å². The van der Waals surface area contributed by atoms with E-state index in [2.05, 4.69) is 17.3 Å². The molecule has 3 saturated carbocycles. The van der Waals surface area contributed by atoms with Crippen molar-refractivity contribution in [3.8, 4) is 5.88 Å². The number of nitrogens with one attached hydrogen (secondary N) is 1. The lowest BCUT2D eigenvalue weighted by molar-refractivity contribution is 0.0912. The fourth-order valence-electron chi connectivity index (χ4n) is 5.82. The number of carbonyl (C=O) groups excluding carboxylic acids is 1. The van der Waals surface area contributed by atoms with Gasteiger partial charge in [0.2, 0.25) is 5.88 Å². The molecule has 3 aliphatic rings. The first-order valence-corrected chi connectivity index (χ1v) is 11.1. The van der Waals surface area contributed by atoms with Gasteiger partial charge >= 0.3 is 0 Å². The predicted octanol–water partition coefficient (Wildman–Crippen LogP) is 4.32. The van der Waals surface area contributed by atoms with E-state index in [1.54, 1.807) is 10.9 Å². The summed E-state index contributed by atoms with van der Waals surface area (Å²) in [6, 6.07) is 0.219. The van der Waals surface area contributed by atoms with E-state index in [1.807, 2.05) is 7.05 Å². The lowest BCUT2D eigenvalue weighted by Crippen LogP contribution is -2.39. The Hall–Kier alpha value is -1.52. The van der Waals surface area contributed by atoms with Gasteiger partial charge in [-0.2, -0.15) is 5.10 Å². The number of aryl methyl sites for hydroxylation is 1. The van der Waals surface area contributed by atoms with Crippen LogP contribution in [0.15, 0.2) is 6.20 Å². The van der Waals surface area contributed by atoms with E-state index in [9.17, 15) is 4.79 Å². The average Bonchev–Trinajstić information content (AvgIpc) is 3.19. The van der Waals surface area contributed by atoms with Crippen LogP contribution in [0.5, 0.6) is 5.88 Å². The molecule has 1 aromatic heterocycles. The second-order valence-electron chi connectivity index (χ2n) is 9.26. The van der Waals surface area contributed by atoms with Crippen molar-refractivity contribution in [3.63, 3.8) is 0 Å². The van der Waals surface area contributed by atoms with E-state index < -0.39 is 0 Å². The second kappa shape index (κ2) is 8.24. The fourth-order valence-corrected chi connectivity index (χ4v) is 5.82. The molecule has 5 heteroatoms. The van der Waals surface area contributed by atoms with E-state index in [-0.39, 0.29) is 11.9 Å². The van der Waals surface area contributed by atoms with Gasteiger partial charge < -0.3 is 10.1 Å². The normalized spacial score (nSPS) is 29.5. The molecule has 4 rings (SSSR count). The van der Waals surface area contributed by atoms with Gasteiger partial charge in [-0.15, -0.1) is 0 Å². The Bertz CT molecular complexity index is 650. The van der Waals surface area contributed by atoms with Gasteiger partial charge in [0, 0.05) is 13.1 Å². The molecule has 4 unspecified atom stereocenters. The zero-order chi connectivity index (χ0) is 18.8. The number of carbonyl (C=O) groups is 1. The fraction of sp³-hybridized carbons (Fsp3) is 0.818. The first kappa shape index (κ1) is 18.8. The van der Waals surface area contributed by atoms with Crippen LogP contribution in [0.2, 0.25) is 0 Å². The van der Waals surface area contributed by atoms with Crippen LogP contribution in [0, 0.1) is 23.7 Å². The van der Waals surface area contributed by atoms with Crippen LogP contribution in [0.4, 0.5) is 0 Å². The van der Waals surface area contributed by atoms with E-state index in [0.29, 0.717) is 29.9 Å². The maximum absolute atomic E-state index is 12.9. The molecule has 1 aromatic rings. The van der Waals surface area contributed by atoms with E-state index in [0.717, 1.165) is 11.8 Å². The number of fused-ring (bicyclic) bond motifs is 2. The smallest absolute Gasteiger partial charge is 0.258 e. The molecule has 0 aliphatic heterocycles. The van der Waals surface area contributed by atoms with Crippen LogP contribution in [-0.2, 0) is 7.05 Å². The van der Waals surface area contributed by atoms with Gasteiger partial charge in [0.25, 0.3) is 5.91 Å². The second-order valence-corrected chi connectivity index (χ2v) is 9.26. The zero-order valence-corrected chi connectivity index (χ0v) is 17.0. The van der Waals surface area contributed by atoms with Crippen LogP contribution in [-0.4, -0.2) is 28.3 Å². The Morgan fingerprint density at radius 1 is 1.22 bits per heavy atom. The van der Waals surface area contributed by atoms with E-state index in [4.69, 9.17) is 4.74 Å². The highest BCUT2D eigenvalue weighted by molar-refractivity contribution is 5.96. The van der Waals surface area contributed by atoms with Crippen molar-refractivity contribution in [1.29, 1.82) is 0 Å². The van der Waals surface area contributed by atoms with Gasteiger partial charge in [0.05, 0.1) is 12.8 Å². The van der Waals surface area contributed by atoms with Gasteiger partial charge in [0.1, 0.15) is 5.56 Å². The van der Waals surface area contributed by atoms with Crippen molar-refractivity contribution in [2.75, 3.05) is 6.61 Å². The Labute approximate surface area is 163 Å². The Kier molecular flexibility index (Phi) is 5.74. The summed E-state index contributed by atoms with van der Waals surface area (Å²) < 4.78 is 7.78. The first-order valence-electron chi connectivity index (χ1n) is 11.1. The van der Waals surface area contributed by atoms with Gasteiger partial charge in [0.15, 0.2) is 0 Å². The Morgan fingerprint density at radius 2 is 2.04 bits per heavy atom. The molecule has 1 amide bonds. The highest BCUT2D eigenvalue weighted by Gasteiger charge is 2.40. The number of hydrogen-bond acceptors (Lipinski definition) is 3. The molecule has 0 saturated heterocycles. The number of hydrogen-bond donors (Lipinski definition) is 1. The minimum atomic E-state index is -0.0318. The van der Waals surface area contributed by atoms with Crippen LogP contribution < -0.4 is 10.1 Å². The molecule has 4 atom stereocenters. The summed E-state index contributed by atoms with van der Waals surface area (Å²) in [6.07, 6.45) is 14.8. The molecule has 1 N–H and O–H groups in total. The minimum absolute atomic E-state index is 0.0318. The molecule has 27 heavy (non-hydrogen) atoms. The summed E-state index contributed by atoms with van der Waals surface area (Å²) in [5, 5.41) is 7.56. The Balaban J connectivity index is 1.37. The van der Waals surface area contributed by atoms with Crippen LogP contribution >= 0.6 is 0 Å². The third-order valence-corrected chi connectivity index (χ3v) is 7.34. The molecule has 3 fully saturated rings. The van der Waals surface area contributed by atoms with Crippen molar-refractivity contribution in [2.24, 2.45) is 30.7 Å². The van der Waals surface area contributed by atoms with Gasteiger partial charge in [-0.05, 0) is 56.3 Å². The van der Waals surface area contributed by atoms with Gasteiger partial charge in [-0.3, -0.25) is 4.79 Å². The molecule has 0 spiro atoms. The lowest BCUT2D eigenvalue weighted by atomic mass is 9.84. The summed E-state index contributed by atoms with van der Waals surface area (Å²) in [6.45, 7) is 2.88. The number of aromatic nitrogens is 2. The monoisotopic (exact) mass is 373 g/mol. The topological polar surface area (TPSA) is 56.2 Å². The lowest BCUT2D eigenvalue weighted by Gasteiger charge is -2.27. The summed E-state index contributed by atoms with van der Waals surface area (Å²) in [5.74, 6) is 3.52. The molecular formula is C22H35N3O2. The number of amides is 1. The van der Waals surface area contributed by atoms with Crippen molar-refractivity contribution < 1.29 is 9.53 Å². The summed E-state index contributed by atoms with van der Waals surface area (Å²) in [7, 11) is 1.86. The van der Waals surface area contributed by atoms with Crippen molar-refractivity contribution in [2.45, 2.75) is 77.2 Å². The first-order chi connectivity index (χ1) is 13.1. The summed E-state index contributed by atoms with van der Waals surface area (Å²) in [5.41, 5.74) is 0.584. The molecule has 1 heterocycles. The van der Waals surface area contributed by atoms with Gasteiger partial charge in [-0.1, -0.05) is 38.5 Å². The summed E-state index contributed by atoms with van der Waals surface area (Å²) in [4.78, 5) is 12.9. The SMILES string of the molecule is CC(NC(=O)c1cnn(C)c1OCC1CCCCC1)C1CC2CCCC1C2. The van der Waals surface area contributed by atoms with Crippen molar-refractivity contribution >= 4 is 5.91 Å². The van der Waals surface area contributed by atoms with E-state index >= 15 is 0 Å². The predicted molar refractivity (Wildman–Crippen MR) is 106 cm³/mol. The summed E-state index contributed by atoms with van der Waals surface area (Å²) >= 11 is 0. The zero-order valence-electron chi connectivity index (χ0n) is 17.0. The van der Waals surface area contributed by atoms with Crippen LogP contribution in [0.3, 0.4) is 0 Å². The maximum Gasteiger partial charge on any atom is 0.258 e. The molecule has 150 valence electrons. The van der Waals surface area contributed by atoms with Crippen molar-refractivity contribution in [1.82, 2.24) is 15.1 Å². The molecule has 0 aromatic carbocycles. The number of rotatable bonds is 6. The Morgan fingerprint density at radius 3 is 2.81 bits per heavy atom. The number of nitrogens with zero attached hydrogens (tertiary/aromatic N) is 2. The number of ether oxygens (including phenoxy) is 1. The highest BCUT2D eigenvalue weighted by atomic mass is 16.5. The maximum atomic E-state index is 12.9. The standard InChI is InChI=1S/C22H35N3O2/c1-15(19-12-17-9-6-10-18(19)11-17)24-21(26)20-13-23-25(2)22(20)27-14-16-7-4-3-5-8-16/h13,15-19H,3-12,14H2,1-2H3,(H,24,26). The molecule has 3 aliphatic carbocycles.